The largest absolute Gasteiger partial charge is 0.485 e. The first-order valence-electron chi connectivity index (χ1n) is 8.89. The number of rotatable bonds is 6. The van der Waals surface area contributed by atoms with Crippen LogP contribution in [0.2, 0.25) is 0 Å². The zero-order valence-electron chi connectivity index (χ0n) is 15.4. The predicted molar refractivity (Wildman–Crippen MR) is 98.3 cm³/mol. The average molecular weight is 402 g/mol. The van der Waals surface area contributed by atoms with E-state index < -0.39 is 36.3 Å². The van der Waals surface area contributed by atoms with Gasteiger partial charge in [0.05, 0.1) is 0 Å². The first kappa shape index (κ1) is 20.1. The van der Waals surface area contributed by atoms with Crippen molar-refractivity contribution in [2.24, 2.45) is 0 Å². The minimum absolute atomic E-state index is 0.0102. The van der Waals surface area contributed by atoms with Crippen molar-refractivity contribution in [3.63, 3.8) is 0 Å². The zero-order chi connectivity index (χ0) is 20.6. The maximum absolute atomic E-state index is 13.5. The molecule has 0 aromatic heterocycles. The Hall–Kier alpha value is -3.62. The van der Waals surface area contributed by atoms with E-state index in [9.17, 15) is 18.8 Å². The number of aryl methyl sites for hydroxylation is 1. The van der Waals surface area contributed by atoms with Gasteiger partial charge in [0.15, 0.2) is 18.1 Å². The van der Waals surface area contributed by atoms with Crippen LogP contribution in [-0.2, 0) is 25.5 Å². The fourth-order valence-electron chi connectivity index (χ4n) is 2.55. The Morgan fingerprint density at radius 1 is 1.03 bits per heavy atom. The lowest BCUT2D eigenvalue weighted by Gasteiger charge is -2.25. The number of hydrogen-bond donors (Lipinski definition) is 2. The second-order valence-corrected chi connectivity index (χ2v) is 6.15. The number of esters is 1. The molecule has 1 aliphatic rings. The molecule has 0 saturated carbocycles. The van der Waals surface area contributed by atoms with E-state index in [1.807, 2.05) is 0 Å². The molecule has 0 bridgehead atoms. The molecular weight excluding hydrogens is 383 g/mol. The summed E-state index contributed by atoms with van der Waals surface area (Å²) in [6.45, 7) is -0.592. The molecule has 0 radical (unpaired) electrons. The lowest BCUT2D eigenvalue weighted by molar-refractivity contribution is -0.149. The van der Waals surface area contributed by atoms with E-state index in [0.717, 1.165) is 0 Å². The van der Waals surface area contributed by atoms with Gasteiger partial charge in [0.2, 0.25) is 6.10 Å². The van der Waals surface area contributed by atoms with Gasteiger partial charge in [0.25, 0.3) is 11.8 Å². The van der Waals surface area contributed by atoms with E-state index >= 15 is 0 Å². The number of carbonyl (C=O) groups is 3. The number of hydrogen-bond acceptors (Lipinski definition) is 6. The molecular formula is C20H19FN2O6. The van der Waals surface area contributed by atoms with Gasteiger partial charge in [-0.25, -0.2) is 4.39 Å². The Balaban J connectivity index is 1.35. The summed E-state index contributed by atoms with van der Waals surface area (Å²) in [5.41, 5.74) is 4.70. The van der Waals surface area contributed by atoms with Gasteiger partial charge in [-0.1, -0.05) is 30.3 Å². The third-order valence-corrected chi connectivity index (χ3v) is 4.05. The summed E-state index contributed by atoms with van der Waals surface area (Å²) in [4.78, 5) is 35.5. The number of fused-ring (bicyclic) bond motifs is 1. The molecule has 29 heavy (non-hydrogen) atoms. The third-order valence-electron chi connectivity index (χ3n) is 4.05. The molecule has 8 nitrogen and oxygen atoms in total. The number of nitrogens with one attached hydrogen (secondary N) is 2. The Morgan fingerprint density at radius 2 is 1.76 bits per heavy atom. The normalized spacial score (nSPS) is 14.6. The van der Waals surface area contributed by atoms with Crippen molar-refractivity contribution in [1.29, 1.82) is 0 Å². The molecule has 1 aliphatic heterocycles. The van der Waals surface area contributed by atoms with Crippen LogP contribution >= 0.6 is 0 Å². The first-order valence-corrected chi connectivity index (χ1v) is 8.89. The standard InChI is InChI=1S/C20H19FN2O6/c21-14-6-2-1-5-13(14)9-10-19(25)28-12-18(24)22-23-20(26)17-11-27-15-7-3-4-8-16(15)29-17/h1-8,17H,9-12H2,(H,22,24)(H,23,26). The van der Waals surface area contributed by atoms with Crippen molar-refractivity contribution in [3.8, 4) is 11.5 Å². The van der Waals surface area contributed by atoms with Gasteiger partial charge in [0.1, 0.15) is 12.4 Å². The molecule has 0 saturated heterocycles. The Bertz CT molecular complexity index is 904. The monoisotopic (exact) mass is 402 g/mol. The summed E-state index contributed by atoms with van der Waals surface area (Å²) >= 11 is 0. The van der Waals surface area contributed by atoms with Gasteiger partial charge in [0, 0.05) is 6.42 Å². The highest BCUT2D eigenvalue weighted by atomic mass is 19.1. The average Bonchev–Trinajstić information content (AvgIpc) is 2.75. The number of benzene rings is 2. The molecule has 0 aliphatic carbocycles. The molecule has 0 fully saturated rings. The number of halogens is 1. The van der Waals surface area contributed by atoms with Crippen molar-refractivity contribution in [2.45, 2.75) is 18.9 Å². The van der Waals surface area contributed by atoms with E-state index in [2.05, 4.69) is 10.9 Å². The summed E-state index contributed by atoms with van der Waals surface area (Å²) in [7, 11) is 0. The third kappa shape index (κ3) is 5.68. The minimum atomic E-state index is -0.937. The smallest absolute Gasteiger partial charge is 0.306 e. The van der Waals surface area contributed by atoms with Gasteiger partial charge in [-0.2, -0.15) is 0 Å². The summed E-state index contributed by atoms with van der Waals surface area (Å²) < 4.78 is 29.2. The minimum Gasteiger partial charge on any atom is -0.485 e. The summed E-state index contributed by atoms with van der Waals surface area (Å²) in [5, 5.41) is 0. The van der Waals surface area contributed by atoms with E-state index in [0.29, 0.717) is 17.1 Å². The molecule has 1 atom stereocenters. The highest BCUT2D eigenvalue weighted by Gasteiger charge is 2.27. The van der Waals surface area contributed by atoms with E-state index in [1.54, 1.807) is 42.5 Å². The molecule has 1 heterocycles. The van der Waals surface area contributed by atoms with Crippen molar-refractivity contribution in [1.82, 2.24) is 10.9 Å². The number of amides is 2. The van der Waals surface area contributed by atoms with E-state index in [4.69, 9.17) is 14.2 Å². The quantitative estimate of drug-likeness (QED) is 0.558. The Kier molecular flexibility index (Phi) is 6.62. The lowest BCUT2D eigenvalue weighted by Crippen LogP contribution is -2.51. The van der Waals surface area contributed by atoms with Gasteiger partial charge < -0.3 is 14.2 Å². The molecule has 0 spiro atoms. The Labute approximate surface area is 165 Å². The van der Waals surface area contributed by atoms with Crippen LogP contribution in [0.3, 0.4) is 0 Å². The second-order valence-electron chi connectivity index (χ2n) is 6.15. The van der Waals surface area contributed by atoms with Crippen LogP contribution in [-0.4, -0.2) is 37.1 Å². The fourth-order valence-corrected chi connectivity index (χ4v) is 2.55. The van der Waals surface area contributed by atoms with Crippen LogP contribution in [0.5, 0.6) is 11.5 Å². The number of hydrazine groups is 1. The molecule has 2 amide bonds. The van der Waals surface area contributed by atoms with Crippen LogP contribution in [0.4, 0.5) is 4.39 Å². The first-order chi connectivity index (χ1) is 14.0. The van der Waals surface area contributed by atoms with Crippen molar-refractivity contribution < 1.29 is 33.0 Å². The summed E-state index contributed by atoms with van der Waals surface area (Å²) in [6.07, 6.45) is -0.856. The van der Waals surface area contributed by atoms with Crippen molar-refractivity contribution in [3.05, 3.63) is 59.9 Å². The van der Waals surface area contributed by atoms with Crippen LogP contribution in [0.1, 0.15) is 12.0 Å². The fraction of sp³-hybridized carbons (Fsp3) is 0.250. The second kappa shape index (κ2) is 9.54. The predicted octanol–water partition coefficient (Wildman–Crippen LogP) is 1.29. The maximum atomic E-state index is 13.5. The molecule has 2 aromatic rings. The topological polar surface area (TPSA) is 103 Å². The van der Waals surface area contributed by atoms with Crippen LogP contribution in [0.15, 0.2) is 48.5 Å². The Morgan fingerprint density at radius 3 is 2.55 bits per heavy atom. The molecule has 1 unspecified atom stereocenters. The van der Waals surface area contributed by atoms with Crippen molar-refractivity contribution >= 4 is 17.8 Å². The molecule has 2 aromatic carbocycles. The summed E-state index contributed by atoms with van der Waals surface area (Å²) in [6, 6.07) is 13.0. The lowest BCUT2D eigenvalue weighted by atomic mass is 10.1. The van der Waals surface area contributed by atoms with Crippen LogP contribution in [0.25, 0.3) is 0 Å². The van der Waals surface area contributed by atoms with Crippen LogP contribution < -0.4 is 20.3 Å². The summed E-state index contributed by atoms with van der Waals surface area (Å²) in [5.74, 6) is -1.45. The van der Waals surface area contributed by atoms with Gasteiger partial charge in [-0.05, 0) is 30.2 Å². The number of para-hydroxylation sites is 2. The van der Waals surface area contributed by atoms with E-state index in [1.165, 1.54) is 6.07 Å². The number of ether oxygens (including phenoxy) is 3. The van der Waals surface area contributed by atoms with E-state index in [-0.39, 0.29) is 19.4 Å². The SMILES string of the molecule is O=C(COC(=O)CCc1ccccc1F)NNC(=O)C1COc2ccccc2O1. The number of carbonyl (C=O) groups excluding carboxylic acids is 3. The molecule has 152 valence electrons. The maximum Gasteiger partial charge on any atom is 0.306 e. The van der Waals surface area contributed by atoms with Crippen LogP contribution in [0, 0.1) is 5.82 Å². The molecule has 3 rings (SSSR count). The van der Waals surface area contributed by atoms with Gasteiger partial charge in [-0.15, -0.1) is 0 Å². The molecule has 9 heteroatoms. The highest BCUT2D eigenvalue weighted by Crippen LogP contribution is 2.30. The van der Waals surface area contributed by atoms with Crippen molar-refractivity contribution in [2.75, 3.05) is 13.2 Å². The zero-order valence-corrected chi connectivity index (χ0v) is 15.4. The van der Waals surface area contributed by atoms with Gasteiger partial charge >= 0.3 is 5.97 Å². The highest BCUT2D eigenvalue weighted by molar-refractivity contribution is 5.86. The molecule has 2 N–H and O–H groups in total. The van der Waals surface area contributed by atoms with Gasteiger partial charge in [-0.3, -0.25) is 25.2 Å².